The molecule has 0 unspecified atom stereocenters. The second-order valence-electron chi connectivity index (χ2n) is 6.85. The van der Waals surface area contributed by atoms with E-state index < -0.39 is 0 Å². The largest absolute Gasteiger partial charge is 0.371 e. The highest BCUT2D eigenvalue weighted by Gasteiger charge is 2.24. The molecule has 1 amide bonds. The molecule has 0 atom stereocenters. The molecule has 1 aromatic heterocycles. The molecule has 0 N–H and O–H groups in total. The highest BCUT2D eigenvalue weighted by molar-refractivity contribution is 6.30. The van der Waals surface area contributed by atoms with Crippen molar-refractivity contribution in [2.75, 3.05) is 49.1 Å². The van der Waals surface area contributed by atoms with Crippen molar-refractivity contribution in [1.82, 2.24) is 9.88 Å². The van der Waals surface area contributed by atoms with Crippen LogP contribution in [0.25, 0.3) is 0 Å². The molecule has 2 saturated heterocycles. The molecule has 0 saturated carbocycles. The number of pyridine rings is 1. The molecule has 2 aliphatic heterocycles. The van der Waals surface area contributed by atoms with E-state index in [0.717, 1.165) is 42.6 Å². The molecular formula is C20H23ClN4O. The Labute approximate surface area is 159 Å². The van der Waals surface area contributed by atoms with Crippen LogP contribution >= 0.6 is 11.6 Å². The highest BCUT2D eigenvalue weighted by atomic mass is 35.5. The van der Waals surface area contributed by atoms with Crippen LogP contribution < -0.4 is 9.80 Å². The maximum atomic E-state index is 12.9. The normalized spacial score (nSPS) is 17.7. The maximum Gasteiger partial charge on any atom is 0.272 e. The molecule has 0 aliphatic carbocycles. The minimum absolute atomic E-state index is 0.0248. The lowest BCUT2D eigenvalue weighted by Gasteiger charge is -2.36. The number of rotatable bonds is 3. The molecule has 4 rings (SSSR count). The summed E-state index contributed by atoms with van der Waals surface area (Å²) in [5.41, 5.74) is 2.77. The van der Waals surface area contributed by atoms with Gasteiger partial charge in [-0.1, -0.05) is 17.7 Å². The van der Waals surface area contributed by atoms with Gasteiger partial charge in [0.05, 0.1) is 0 Å². The molecular weight excluding hydrogens is 348 g/mol. The van der Waals surface area contributed by atoms with Gasteiger partial charge in [-0.3, -0.25) is 9.78 Å². The van der Waals surface area contributed by atoms with Crippen molar-refractivity contribution in [3.05, 3.63) is 53.3 Å². The van der Waals surface area contributed by atoms with Crippen molar-refractivity contribution in [2.45, 2.75) is 12.8 Å². The Morgan fingerprint density at radius 2 is 1.58 bits per heavy atom. The highest BCUT2D eigenvalue weighted by Crippen LogP contribution is 2.23. The zero-order chi connectivity index (χ0) is 17.9. The van der Waals surface area contributed by atoms with E-state index in [4.69, 9.17) is 11.6 Å². The number of carbonyl (C=O) groups is 1. The monoisotopic (exact) mass is 370 g/mol. The van der Waals surface area contributed by atoms with Crippen molar-refractivity contribution in [1.29, 1.82) is 0 Å². The van der Waals surface area contributed by atoms with E-state index in [1.165, 1.54) is 12.8 Å². The Bertz CT molecular complexity index is 783. The lowest BCUT2D eigenvalue weighted by molar-refractivity contribution is 0.0741. The summed E-state index contributed by atoms with van der Waals surface area (Å²) in [6.07, 6.45) is 4.19. The third-order valence-electron chi connectivity index (χ3n) is 5.17. The molecule has 3 heterocycles. The van der Waals surface area contributed by atoms with Crippen molar-refractivity contribution >= 4 is 28.9 Å². The molecule has 136 valence electrons. The Kier molecular flexibility index (Phi) is 4.98. The van der Waals surface area contributed by atoms with Crippen LogP contribution in [0.3, 0.4) is 0 Å². The average molecular weight is 371 g/mol. The maximum absolute atomic E-state index is 12.9. The zero-order valence-corrected chi connectivity index (χ0v) is 15.5. The van der Waals surface area contributed by atoms with E-state index in [-0.39, 0.29) is 5.91 Å². The number of hydrogen-bond acceptors (Lipinski definition) is 4. The van der Waals surface area contributed by atoms with E-state index in [1.807, 2.05) is 35.2 Å². The first kappa shape index (κ1) is 17.2. The van der Waals surface area contributed by atoms with E-state index in [0.29, 0.717) is 18.8 Å². The predicted molar refractivity (Wildman–Crippen MR) is 105 cm³/mol. The van der Waals surface area contributed by atoms with Gasteiger partial charge in [0.15, 0.2) is 0 Å². The number of anilines is 2. The van der Waals surface area contributed by atoms with Gasteiger partial charge >= 0.3 is 0 Å². The van der Waals surface area contributed by atoms with Crippen LogP contribution in [0.4, 0.5) is 11.4 Å². The van der Waals surface area contributed by atoms with Gasteiger partial charge in [-0.15, -0.1) is 0 Å². The van der Waals surface area contributed by atoms with Gasteiger partial charge in [0.2, 0.25) is 0 Å². The topological polar surface area (TPSA) is 39.7 Å². The summed E-state index contributed by atoms with van der Waals surface area (Å²) in [5.74, 6) is 0.0248. The molecule has 0 spiro atoms. The molecule has 2 aromatic rings. The number of nitrogens with zero attached hydrogens (tertiary/aromatic N) is 4. The van der Waals surface area contributed by atoms with Gasteiger partial charge in [-0.05, 0) is 43.2 Å². The lowest BCUT2D eigenvalue weighted by atomic mass is 10.2. The summed E-state index contributed by atoms with van der Waals surface area (Å²) in [7, 11) is 0. The Morgan fingerprint density at radius 3 is 2.31 bits per heavy atom. The molecule has 6 heteroatoms. The predicted octanol–water partition coefficient (Wildman–Crippen LogP) is 3.30. The third-order valence-corrected chi connectivity index (χ3v) is 5.41. The number of piperazine rings is 1. The summed E-state index contributed by atoms with van der Waals surface area (Å²) < 4.78 is 0. The van der Waals surface area contributed by atoms with Gasteiger partial charge in [0.1, 0.15) is 5.69 Å². The number of aromatic nitrogens is 1. The van der Waals surface area contributed by atoms with Crippen molar-refractivity contribution in [3.63, 3.8) is 0 Å². The smallest absolute Gasteiger partial charge is 0.272 e. The van der Waals surface area contributed by atoms with E-state index in [2.05, 4.69) is 20.9 Å². The van der Waals surface area contributed by atoms with E-state index in [9.17, 15) is 4.79 Å². The zero-order valence-electron chi connectivity index (χ0n) is 14.8. The number of halogens is 1. The third kappa shape index (κ3) is 3.63. The number of carbonyl (C=O) groups excluding carboxylic acids is 1. The number of hydrogen-bond donors (Lipinski definition) is 0. The average Bonchev–Trinajstić information content (AvgIpc) is 3.23. The fraction of sp³-hybridized carbons (Fsp3) is 0.400. The fourth-order valence-electron chi connectivity index (χ4n) is 3.71. The molecule has 5 nitrogen and oxygen atoms in total. The summed E-state index contributed by atoms with van der Waals surface area (Å²) >= 11 is 6.09. The Morgan fingerprint density at radius 1 is 0.885 bits per heavy atom. The van der Waals surface area contributed by atoms with Crippen molar-refractivity contribution in [3.8, 4) is 0 Å². The second-order valence-corrected chi connectivity index (χ2v) is 7.29. The van der Waals surface area contributed by atoms with Crippen molar-refractivity contribution in [2.24, 2.45) is 0 Å². The number of amides is 1. The summed E-state index contributed by atoms with van der Waals surface area (Å²) in [4.78, 5) is 23.7. The quantitative estimate of drug-likeness (QED) is 0.831. The lowest BCUT2D eigenvalue weighted by Crippen LogP contribution is -2.49. The van der Waals surface area contributed by atoms with Crippen LogP contribution in [0.2, 0.25) is 5.02 Å². The summed E-state index contributed by atoms with van der Waals surface area (Å²) in [6.45, 7) is 5.13. The molecule has 1 aromatic carbocycles. The van der Waals surface area contributed by atoms with Gasteiger partial charge in [-0.25, -0.2) is 0 Å². The Hall–Kier alpha value is -2.27. The first-order valence-corrected chi connectivity index (χ1v) is 9.59. The van der Waals surface area contributed by atoms with E-state index >= 15 is 0 Å². The van der Waals surface area contributed by atoms with Crippen LogP contribution in [0.15, 0.2) is 42.6 Å². The van der Waals surface area contributed by atoms with Crippen LogP contribution in [0, 0.1) is 0 Å². The molecule has 2 aliphatic rings. The minimum atomic E-state index is 0.0248. The first-order chi connectivity index (χ1) is 12.7. The standard InChI is InChI=1S/C20H23ClN4O/c21-16-4-3-5-17(14-16)24-10-12-25(13-11-24)20(26)19-15-18(6-7-22-19)23-8-1-2-9-23/h3-7,14-15H,1-2,8-13H2. The molecule has 0 bridgehead atoms. The molecule has 2 fully saturated rings. The van der Waals surface area contributed by atoms with Gasteiger partial charge in [0.25, 0.3) is 5.91 Å². The Balaban J connectivity index is 1.41. The van der Waals surface area contributed by atoms with Crippen molar-refractivity contribution < 1.29 is 4.79 Å². The van der Waals surface area contributed by atoms with Crippen LogP contribution in [0.1, 0.15) is 23.3 Å². The van der Waals surface area contributed by atoms with Crippen LogP contribution in [-0.4, -0.2) is 55.1 Å². The fourth-order valence-corrected chi connectivity index (χ4v) is 3.90. The second kappa shape index (κ2) is 7.54. The van der Waals surface area contributed by atoms with Gasteiger partial charge < -0.3 is 14.7 Å². The summed E-state index contributed by atoms with van der Waals surface area (Å²) in [6, 6.07) is 11.8. The van der Waals surface area contributed by atoms with Gasteiger partial charge in [-0.2, -0.15) is 0 Å². The molecule has 0 radical (unpaired) electrons. The first-order valence-electron chi connectivity index (χ1n) is 9.21. The van der Waals surface area contributed by atoms with E-state index in [1.54, 1.807) is 6.20 Å². The van der Waals surface area contributed by atoms with Crippen LogP contribution in [-0.2, 0) is 0 Å². The van der Waals surface area contributed by atoms with Gasteiger partial charge in [0, 0.05) is 61.9 Å². The summed E-state index contributed by atoms with van der Waals surface area (Å²) in [5, 5.41) is 0.740. The molecule has 26 heavy (non-hydrogen) atoms. The minimum Gasteiger partial charge on any atom is -0.371 e. The SMILES string of the molecule is O=C(c1cc(N2CCCC2)ccn1)N1CCN(c2cccc(Cl)c2)CC1. The number of benzene rings is 1. The van der Waals surface area contributed by atoms with Crippen LogP contribution in [0.5, 0.6) is 0 Å².